The minimum absolute atomic E-state index is 0. The fourth-order valence-electron chi connectivity index (χ4n) is 3.17. The molecule has 1 aromatic carbocycles. The molecule has 0 radical (unpaired) electrons. The van der Waals surface area contributed by atoms with Crippen LogP contribution in [0.5, 0.6) is 5.75 Å². The predicted octanol–water partition coefficient (Wildman–Crippen LogP) is 1.98. The Morgan fingerprint density at radius 2 is 2.05 bits per heavy atom. The van der Waals surface area contributed by atoms with Gasteiger partial charge in [-0.3, -0.25) is 4.79 Å². The first kappa shape index (κ1) is 16.0. The fraction of sp³-hybridized carbons (Fsp3) is 0.533. The molecular formula is C15H20ClFN2O2. The van der Waals surface area contributed by atoms with E-state index in [2.05, 4.69) is 5.32 Å². The van der Waals surface area contributed by atoms with Crippen LogP contribution in [0.2, 0.25) is 0 Å². The van der Waals surface area contributed by atoms with Gasteiger partial charge in [0, 0.05) is 18.6 Å². The summed E-state index contributed by atoms with van der Waals surface area (Å²) in [5, 5.41) is 3.35. The zero-order valence-electron chi connectivity index (χ0n) is 11.8. The van der Waals surface area contributed by atoms with Crippen molar-refractivity contribution in [3.05, 3.63) is 30.1 Å². The van der Waals surface area contributed by atoms with E-state index in [1.54, 1.807) is 18.2 Å². The monoisotopic (exact) mass is 314 g/mol. The molecule has 1 N–H and O–H groups in total. The summed E-state index contributed by atoms with van der Waals surface area (Å²) in [5.41, 5.74) is 0. The molecule has 21 heavy (non-hydrogen) atoms. The number of fused-ring (bicyclic) bond motifs is 2. The van der Waals surface area contributed by atoms with Crippen molar-refractivity contribution < 1.29 is 13.9 Å². The first-order valence-corrected chi connectivity index (χ1v) is 7.15. The van der Waals surface area contributed by atoms with Gasteiger partial charge >= 0.3 is 0 Å². The number of rotatable bonds is 3. The number of ether oxygens (including phenoxy) is 1. The Bertz CT molecular complexity index is 486. The van der Waals surface area contributed by atoms with Crippen LogP contribution in [0, 0.1) is 5.82 Å². The van der Waals surface area contributed by atoms with Crippen molar-refractivity contribution in [1.82, 2.24) is 10.2 Å². The largest absolute Gasteiger partial charge is 0.481 e. The highest BCUT2D eigenvalue weighted by Gasteiger charge is 2.37. The summed E-state index contributed by atoms with van der Waals surface area (Å²) in [4.78, 5) is 14.3. The van der Waals surface area contributed by atoms with Crippen molar-refractivity contribution in [2.75, 3.05) is 19.7 Å². The van der Waals surface area contributed by atoms with Crippen molar-refractivity contribution in [3.8, 4) is 5.75 Å². The average molecular weight is 315 g/mol. The summed E-state index contributed by atoms with van der Waals surface area (Å²) in [6.07, 6.45) is 3.10. The summed E-state index contributed by atoms with van der Waals surface area (Å²) in [5.74, 6) is -0.327. The SMILES string of the molecule is Cl.O=C(COc1ccccc1F)N1C2CCNCC1CC2. The molecule has 116 valence electrons. The quantitative estimate of drug-likeness (QED) is 0.927. The average Bonchev–Trinajstić information content (AvgIpc) is 2.71. The van der Waals surface area contributed by atoms with Gasteiger partial charge in [-0.1, -0.05) is 12.1 Å². The topological polar surface area (TPSA) is 41.6 Å². The maximum Gasteiger partial charge on any atom is 0.261 e. The lowest BCUT2D eigenvalue weighted by Crippen LogP contribution is -2.44. The highest BCUT2D eigenvalue weighted by molar-refractivity contribution is 5.85. The lowest BCUT2D eigenvalue weighted by Gasteiger charge is -2.27. The predicted molar refractivity (Wildman–Crippen MR) is 80.3 cm³/mol. The Hall–Kier alpha value is -1.33. The van der Waals surface area contributed by atoms with E-state index < -0.39 is 5.82 Å². The van der Waals surface area contributed by atoms with Crippen LogP contribution in [0.4, 0.5) is 4.39 Å². The van der Waals surface area contributed by atoms with Gasteiger partial charge < -0.3 is 15.0 Å². The van der Waals surface area contributed by atoms with Crippen LogP contribution in [0.25, 0.3) is 0 Å². The molecule has 1 aromatic rings. The van der Waals surface area contributed by atoms with Crippen molar-refractivity contribution >= 4 is 18.3 Å². The van der Waals surface area contributed by atoms with E-state index in [4.69, 9.17) is 4.74 Å². The number of amides is 1. The second kappa shape index (κ2) is 7.09. The molecule has 2 saturated heterocycles. The smallest absolute Gasteiger partial charge is 0.261 e. The number of nitrogens with one attached hydrogen (secondary N) is 1. The van der Waals surface area contributed by atoms with Crippen molar-refractivity contribution in [2.45, 2.75) is 31.3 Å². The fourth-order valence-corrected chi connectivity index (χ4v) is 3.17. The van der Waals surface area contributed by atoms with E-state index >= 15 is 0 Å². The maximum atomic E-state index is 13.5. The Kier molecular flexibility index (Phi) is 5.42. The lowest BCUT2D eigenvalue weighted by molar-refractivity contribution is -0.136. The summed E-state index contributed by atoms with van der Waals surface area (Å²) in [7, 11) is 0. The Morgan fingerprint density at radius 3 is 2.86 bits per heavy atom. The van der Waals surface area contributed by atoms with Gasteiger partial charge in [0.25, 0.3) is 5.91 Å². The molecule has 4 nitrogen and oxygen atoms in total. The van der Waals surface area contributed by atoms with Crippen molar-refractivity contribution in [2.24, 2.45) is 0 Å². The molecule has 0 saturated carbocycles. The van der Waals surface area contributed by atoms with Gasteiger partial charge in [-0.15, -0.1) is 12.4 Å². The van der Waals surface area contributed by atoms with Gasteiger partial charge in [0.1, 0.15) is 0 Å². The van der Waals surface area contributed by atoms with Crippen molar-refractivity contribution in [3.63, 3.8) is 0 Å². The van der Waals surface area contributed by atoms with E-state index in [0.29, 0.717) is 6.04 Å². The number of hydrogen-bond donors (Lipinski definition) is 1. The van der Waals surface area contributed by atoms with E-state index in [9.17, 15) is 9.18 Å². The lowest BCUT2D eigenvalue weighted by atomic mass is 10.1. The van der Waals surface area contributed by atoms with Crippen LogP contribution in [0.3, 0.4) is 0 Å². The standard InChI is InChI=1S/C15H19FN2O2.ClH/c16-13-3-1-2-4-14(13)20-10-15(19)18-11-5-6-12(18)9-17-8-7-11;/h1-4,11-12,17H,5-10H2;1H. The normalized spacial score (nSPS) is 24.1. The minimum atomic E-state index is -0.430. The molecule has 0 aliphatic carbocycles. The molecule has 2 bridgehead atoms. The number of nitrogens with zero attached hydrogens (tertiary/aromatic N) is 1. The zero-order chi connectivity index (χ0) is 13.9. The van der Waals surface area contributed by atoms with Gasteiger partial charge in [0.2, 0.25) is 0 Å². The van der Waals surface area contributed by atoms with Crippen LogP contribution in [-0.4, -0.2) is 42.6 Å². The molecule has 2 unspecified atom stereocenters. The second-order valence-electron chi connectivity index (χ2n) is 5.40. The van der Waals surface area contributed by atoms with Gasteiger partial charge in [0.05, 0.1) is 0 Å². The molecule has 2 atom stereocenters. The van der Waals surface area contributed by atoms with Gasteiger partial charge in [0.15, 0.2) is 18.2 Å². The summed E-state index contributed by atoms with van der Waals surface area (Å²) >= 11 is 0. The molecule has 1 amide bonds. The third kappa shape index (κ3) is 3.47. The van der Waals surface area contributed by atoms with Gasteiger partial charge in [-0.05, 0) is 37.9 Å². The van der Waals surface area contributed by atoms with Crippen LogP contribution in [0.1, 0.15) is 19.3 Å². The molecule has 2 aliphatic heterocycles. The van der Waals surface area contributed by atoms with Crippen LogP contribution in [0.15, 0.2) is 24.3 Å². The molecule has 2 heterocycles. The van der Waals surface area contributed by atoms with Gasteiger partial charge in [-0.2, -0.15) is 0 Å². The Labute approximate surface area is 130 Å². The Morgan fingerprint density at radius 1 is 1.29 bits per heavy atom. The molecule has 0 aromatic heterocycles. The van der Waals surface area contributed by atoms with Crippen LogP contribution < -0.4 is 10.1 Å². The number of carbonyl (C=O) groups is 1. The highest BCUT2D eigenvalue weighted by Crippen LogP contribution is 2.28. The molecule has 6 heteroatoms. The van der Waals surface area contributed by atoms with Crippen LogP contribution in [-0.2, 0) is 4.79 Å². The van der Waals surface area contributed by atoms with Crippen molar-refractivity contribution in [1.29, 1.82) is 0 Å². The third-order valence-corrected chi connectivity index (χ3v) is 4.13. The molecular weight excluding hydrogens is 295 g/mol. The molecule has 2 aliphatic rings. The zero-order valence-corrected chi connectivity index (χ0v) is 12.6. The highest BCUT2D eigenvalue weighted by atomic mass is 35.5. The van der Waals surface area contributed by atoms with E-state index in [1.807, 2.05) is 4.90 Å². The number of hydrogen-bond acceptors (Lipinski definition) is 3. The molecule has 0 spiro atoms. The van der Waals surface area contributed by atoms with Gasteiger partial charge in [-0.25, -0.2) is 4.39 Å². The number of para-hydroxylation sites is 1. The van der Waals surface area contributed by atoms with E-state index in [0.717, 1.165) is 32.4 Å². The number of halogens is 2. The second-order valence-corrected chi connectivity index (χ2v) is 5.40. The first-order chi connectivity index (χ1) is 9.75. The summed E-state index contributed by atoms with van der Waals surface area (Å²) < 4.78 is 18.8. The number of carbonyl (C=O) groups excluding carboxylic acids is 1. The summed E-state index contributed by atoms with van der Waals surface area (Å²) in [6, 6.07) is 6.75. The maximum absolute atomic E-state index is 13.5. The number of benzene rings is 1. The van der Waals surface area contributed by atoms with Crippen LogP contribution >= 0.6 is 12.4 Å². The first-order valence-electron chi connectivity index (χ1n) is 7.15. The summed E-state index contributed by atoms with van der Waals surface area (Å²) in [6.45, 7) is 1.72. The molecule has 2 fully saturated rings. The third-order valence-electron chi connectivity index (χ3n) is 4.13. The molecule has 3 rings (SSSR count). The Balaban J connectivity index is 0.00000161. The van der Waals surface area contributed by atoms with E-state index in [1.165, 1.54) is 6.07 Å². The van der Waals surface area contributed by atoms with E-state index in [-0.39, 0.29) is 36.7 Å². The minimum Gasteiger partial charge on any atom is -0.481 e.